The van der Waals surface area contributed by atoms with Crippen LogP contribution in [0.15, 0.2) is 47.6 Å². The number of hydrogen-bond acceptors (Lipinski definition) is 6. The number of aliphatic hydroxyl groups is 1. The molecular formula is C18H23N3O3. The number of phenolic OH excluding ortho intramolecular Hbond substituents is 1. The number of para-hydroxylation sites is 1. The highest BCUT2D eigenvalue weighted by Crippen LogP contribution is 2.27. The number of methoxy groups -OCH3 is 1. The van der Waals surface area contributed by atoms with E-state index in [-0.39, 0.29) is 12.4 Å². The van der Waals surface area contributed by atoms with Gasteiger partial charge >= 0.3 is 0 Å². The lowest BCUT2D eigenvalue weighted by molar-refractivity contribution is 0.192. The molecule has 24 heavy (non-hydrogen) atoms. The van der Waals surface area contributed by atoms with Gasteiger partial charge in [0.2, 0.25) is 0 Å². The third-order valence-electron chi connectivity index (χ3n) is 3.55. The predicted molar refractivity (Wildman–Crippen MR) is 93.7 cm³/mol. The molecule has 1 aromatic heterocycles. The molecule has 0 saturated heterocycles. The van der Waals surface area contributed by atoms with Crippen molar-refractivity contribution >= 4 is 6.21 Å². The van der Waals surface area contributed by atoms with Gasteiger partial charge in [-0.25, -0.2) is 0 Å². The van der Waals surface area contributed by atoms with E-state index in [2.05, 4.69) is 14.9 Å². The summed E-state index contributed by atoms with van der Waals surface area (Å²) in [6, 6.07) is 11.1. The number of aromatic hydroxyl groups is 1. The van der Waals surface area contributed by atoms with Gasteiger partial charge in [0, 0.05) is 37.6 Å². The van der Waals surface area contributed by atoms with Crippen molar-refractivity contribution in [2.45, 2.75) is 6.54 Å². The number of aliphatic imine (C=N–C) groups is 1. The van der Waals surface area contributed by atoms with Crippen molar-refractivity contribution in [3.63, 3.8) is 0 Å². The molecule has 1 heterocycles. The fourth-order valence-electron chi connectivity index (χ4n) is 2.30. The number of phenols is 1. The van der Waals surface area contributed by atoms with Crippen LogP contribution in [-0.4, -0.2) is 59.7 Å². The standard InChI is InChI=1S/C18H23N3O3/c1-24-17-7-4-5-15(18(17)23)13-19-9-10-21(11-12-22)14-16-6-2-3-8-20-16/h2-8,13,22-23H,9-12,14H2,1H3. The molecule has 0 atom stereocenters. The van der Waals surface area contributed by atoms with Crippen LogP contribution in [-0.2, 0) is 6.54 Å². The summed E-state index contributed by atoms with van der Waals surface area (Å²) in [7, 11) is 1.51. The summed E-state index contributed by atoms with van der Waals surface area (Å²) in [6.45, 7) is 2.58. The number of nitrogens with zero attached hydrogens (tertiary/aromatic N) is 3. The maximum atomic E-state index is 10.0. The molecule has 2 aromatic rings. The molecule has 6 nitrogen and oxygen atoms in total. The van der Waals surface area contributed by atoms with Crippen molar-refractivity contribution in [2.24, 2.45) is 4.99 Å². The van der Waals surface area contributed by atoms with Gasteiger partial charge in [0.25, 0.3) is 0 Å². The topological polar surface area (TPSA) is 78.2 Å². The maximum absolute atomic E-state index is 10.0. The lowest BCUT2D eigenvalue weighted by atomic mass is 10.2. The van der Waals surface area contributed by atoms with Gasteiger partial charge in [-0.3, -0.25) is 14.9 Å². The molecule has 0 saturated carbocycles. The second-order valence-corrected chi connectivity index (χ2v) is 5.25. The summed E-state index contributed by atoms with van der Waals surface area (Å²) in [4.78, 5) is 10.7. The highest BCUT2D eigenvalue weighted by molar-refractivity contribution is 5.84. The van der Waals surface area contributed by atoms with Gasteiger partial charge in [-0.2, -0.15) is 0 Å². The third kappa shape index (κ3) is 5.33. The first-order valence-electron chi connectivity index (χ1n) is 7.83. The first kappa shape index (κ1) is 17.9. The van der Waals surface area contributed by atoms with Crippen LogP contribution in [0.5, 0.6) is 11.5 Å². The Kier molecular flexibility index (Phi) is 7.20. The normalized spacial score (nSPS) is 11.3. The van der Waals surface area contributed by atoms with E-state index in [4.69, 9.17) is 4.74 Å². The average Bonchev–Trinajstić information content (AvgIpc) is 2.61. The summed E-state index contributed by atoms with van der Waals surface area (Å²) in [5.41, 5.74) is 1.58. The molecule has 2 N–H and O–H groups in total. The first-order chi connectivity index (χ1) is 11.7. The molecule has 0 aliphatic carbocycles. The quantitative estimate of drug-likeness (QED) is 0.685. The zero-order chi connectivity index (χ0) is 17.2. The second-order valence-electron chi connectivity index (χ2n) is 5.25. The first-order valence-corrected chi connectivity index (χ1v) is 7.83. The Bertz CT molecular complexity index is 647. The summed E-state index contributed by atoms with van der Waals surface area (Å²) in [5, 5.41) is 19.2. The van der Waals surface area contributed by atoms with Gasteiger partial charge in [-0.1, -0.05) is 12.1 Å². The van der Waals surface area contributed by atoms with E-state index in [1.807, 2.05) is 18.2 Å². The Balaban J connectivity index is 1.90. The number of hydrogen-bond donors (Lipinski definition) is 2. The van der Waals surface area contributed by atoms with Crippen LogP contribution in [0, 0.1) is 0 Å². The van der Waals surface area contributed by atoms with E-state index < -0.39 is 0 Å². The van der Waals surface area contributed by atoms with Crippen LogP contribution in [0.4, 0.5) is 0 Å². The SMILES string of the molecule is COc1cccc(C=NCCN(CCO)Cc2ccccn2)c1O. The molecular weight excluding hydrogens is 306 g/mol. The molecule has 0 aliphatic rings. The highest BCUT2D eigenvalue weighted by Gasteiger charge is 2.06. The van der Waals surface area contributed by atoms with Gasteiger partial charge in [-0.05, 0) is 24.3 Å². The maximum Gasteiger partial charge on any atom is 0.166 e. The number of benzene rings is 1. The van der Waals surface area contributed by atoms with E-state index in [9.17, 15) is 10.2 Å². The van der Waals surface area contributed by atoms with E-state index in [0.29, 0.717) is 37.5 Å². The molecule has 0 fully saturated rings. The smallest absolute Gasteiger partial charge is 0.166 e. The average molecular weight is 329 g/mol. The van der Waals surface area contributed by atoms with E-state index >= 15 is 0 Å². The summed E-state index contributed by atoms with van der Waals surface area (Å²) in [5.74, 6) is 0.514. The Hall–Kier alpha value is -2.44. The van der Waals surface area contributed by atoms with E-state index in [0.717, 1.165) is 5.69 Å². The number of aromatic nitrogens is 1. The van der Waals surface area contributed by atoms with Crippen LogP contribution in [0.1, 0.15) is 11.3 Å². The Labute approximate surface area is 142 Å². The summed E-state index contributed by atoms with van der Waals surface area (Å²) in [6.07, 6.45) is 3.39. The Morgan fingerprint density at radius 3 is 2.79 bits per heavy atom. The molecule has 1 aromatic carbocycles. The van der Waals surface area contributed by atoms with Gasteiger partial charge < -0.3 is 14.9 Å². The van der Waals surface area contributed by atoms with Crippen molar-refractivity contribution in [2.75, 3.05) is 33.4 Å². The van der Waals surface area contributed by atoms with Crippen molar-refractivity contribution in [1.29, 1.82) is 0 Å². The van der Waals surface area contributed by atoms with Crippen molar-refractivity contribution in [3.05, 3.63) is 53.9 Å². The van der Waals surface area contributed by atoms with Gasteiger partial charge in [-0.15, -0.1) is 0 Å². The van der Waals surface area contributed by atoms with Crippen molar-refractivity contribution < 1.29 is 14.9 Å². The number of rotatable bonds is 9. The minimum Gasteiger partial charge on any atom is -0.504 e. The van der Waals surface area contributed by atoms with Gasteiger partial charge in [0.15, 0.2) is 11.5 Å². The molecule has 6 heteroatoms. The van der Waals surface area contributed by atoms with Crippen LogP contribution in [0.3, 0.4) is 0 Å². The minimum absolute atomic E-state index is 0.0875. The number of pyridine rings is 1. The van der Waals surface area contributed by atoms with Crippen LogP contribution < -0.4 is 4.74 Å². The predicted octanol–water partition coefficient (Wildman–Crippen LogP) is 1.71. The molecule has 0 spiro atoms. The summed E-state index contributed by atoms with van der Waals surface area (Å²) < 4.78 is 5.07. The fraction of sp³-hybridized carbons (Fsp3) is 0.333. The fourth-order valence-corrected chi connectivity index (χ4v) is 2.30. The van der Waals surface area contributed by atoms with Gasteiger partial charge in [0.1, 0.15) is 0 Å². The summed E-state index contributed by atoms with van der Waals surface area (Å²) >= 11 is 0. The third-order valence-corrected chi connectivity index (χ3v) is 3.55. The number of aliphatic hydroxyl groups excluding tert-OH is 1. The molecule has 0 aliphatic heterocycles. The molecule has 0 bridgehead atoms. The largest absolute Gasteiger partial charge is 0.504 e. The minimum atomic E-state index is 0.0875. The van der Waals surface area contributed by atoms with Crippen molar-refractivity contribution in [3.8, 4) is 11.5 Å². The lowest BCUT2D eigenvalue weighted by Gasteiger charge is -2.19. The van der Waals surface area contributed by atoms with E-state index in [1.54, 1.807) is 30.6 Å². The lowest BCUT2D eigenvalue weighted by Crippen LogP contribution is -2.29. The molecule has 0 amide bonds. The van der Waals surface area contributed by atoms with Crippen LogP contribution >= 0.6 is 0 Å². The van der Waals surface area contributed by atoms with Gasteiger partial charge in [0.05, 0.1) is 26.0 Å². The van der Waals surface area contributed by atoms with Crippen LogP contribution in [0.2, 0.25) is 0 Å². The Morgan fingerprint density at radius 2 is 2.08 bits per heavy atom. The zero-order valence-corrected chi connectivity index (χ0v) is 13.8. The van der Waals surface area contributed by atoms with Crippen LogP contribution in [0.25, 0.3) is 0 Å². The molecule has 0 radical (unpaired) electrons. The Morgan fingerprint density at radius 1 is 1.21 bits per heavy atom. The molecule has 128 valence electrons. The zero-order valence-electron chi connectivity index (χ0n) is 13.8. The highest BCUT2D eigenvalue weighted by atomic mass is 16.5. The van der Waals surface area contributed by atoms with Crippen molar-refractivity contribution in [1.82, 2.24) is 9.88 Å². The number of ether oxygens (including phenoxy) is 1. The van der Waals surface area contributed by atoms with E-state index in [1.165, 1.54) is 7.11 Å². The monoisotopic (exact) mass is 329 g/mol. The molecule has 2 rings (SSSR count). The molecule has 0 unspecified atom stereocenters. The second kappa shape index (κ2) is 9.64.